The van der Waals surface area contributed by atoms with E-state index in [4.69, 9.17) is 9.47 Å². The SMILES string of the molecule is CCCCCCCCCCCCNC(=O)c1cccc(CN(Cc2ccc(O)cc2)C(=O)C(=O)OC(=O)C(=O)N(Cc2ccc(Oc3ccccc3)cc2)Cc2cccc(C(=O)NCCCCCCCCCCCC)c2)c1. The Labute approximate surface area is 457 Å². The van der Waals surface area contributed by atoms with E-state index in [1.54, 1.807) is 84.9 Å². The van der Waals surface area contributed by atoms with E-state index in [1.165, 1.54) is 107 Å². The van der Waals surface area contributed by atoms with Crippen LogP contribution in [-0.2, 0) is 50.1 Å². The smallest absolute Gasteiger partial charge is 0.405 e. The Balaban J connectivity index is 1.23. The van der Waals surface area contributed by atoms with Gasteiger partial charge in [-0.2, -0.15) is 0 Å². The van der Waals surface area contributed by atoms with Crippen molar-refractivity contribution < 1.29 is 43.3 Å². The third-order valence-corrected chi connectivity index (χ3v) is 13.5. The summed E-state index contributed by atoms with van der Waals surface area (Å²) >= 11 is 0. The van der Waals surface area contributed by atoms with Crippen molar-refractivity contribution in [1.29, 1.82) is 0 Å². The molecule has 0 aliphatic carbocycles. The van der Waals surface area contributed by atoms with Crippen LogP contribution in [0, 0.1) is 0 Å². The molecule has 0 spiro atoms. The molecule has 77 heavy (non-hydrogen) atoms. The number of unbranched alkanes of at least 4 members (excludes halogenated alkanes) is 18. The summed E-state index contributed by atoms with van der Waals surface area (Å²) in [7, 11) is 0. The highest BCUT2D eigenvalue weighted by Gasteiger charge is 2.32. The van der Waals surface area contributed by atoms with Crippen LogP contribution >= 0.6 is 0 Å². The monoisotopic (exact) mass is 1050 g/mol. The maximum Gasteiger partial charge on any atom is 0.405 e. The summed E-state index contributed by atoms with van der Waals surface area (Å²) in [6.07, 6.45) is 23.7. The molecule has 3 N–H and O–H groups in total. The van der Waals surface area contributed by atoms with Gasteiger partial charge in [-0.1, -0.05) is 196 Å². The maximum atomic E-state index is 14.2. The van der Waals surface area contributed by atoms with Crippen LogP contribution in [0.4, 0.5) is 0 Å². The second kappa shape index (κ2) is 35.1. The Morgan fingerprint density at radius 1 is 0.403 bits per heavy atom. The van der Waals surface area contributed by atoms with Gasteiger partial charge in [-0.3, -0.25) is 19.2 Å². The number of nitrogens with zero attached hydrogens (tertiary/aromatic N) is 2. The number of ether oxygens (including phenoxy) is 2. The van der Waals surface area contributed by atoms with Crippen LogP contribution < -0.4 is 15.4 Å². The van der Waals surface area contributed by atoms with Crippen molar-refractivity contribution in [2.45, 2.75) is 168 Å². The molecule has 0 aliphatic heterocycles. The zero-order valence-electron chi connectivity index (χ0n) is 45.6. The van der Waals surface area contributed by atoms with Crippen LogP contribution in [-0.4, -0.2) is 63.6 Å². The Hall–Kier alpha value is -7.28. The van der Waals surface area contributed by atoms with E-state index < -0.39 is 23.8 Å². The number of carbonyl (C=O) groups excluding carboxylic acids is 6. The molecule has 5 aromatic carbocycles. The lowest BCUT2D eigenvalue weighted by Crippen LogP contribution is -2.42. The lowest BCUT2D eigenvalue weighted by atomic mass is 10.1. The van der Waals surface area contributed by atoms with Crippen molar-refractivity contribution in [2.24, 2.45) is 0 Å². The predicted octanol–water partition coefficient (Wildman–Crippen LogP) is 13.3. The third-order valence-electron chi connectivity index (χ3n) is 13.5. The van der Waals surface area contributed by atoms with E-state index in [0.29, 0.717) is 58.0 Å². The van der Waals surface area contributed by atoms with Crippen molar-refractivity contribution in [3.8, 4) is 17.2 Å². The Bertz CT molecular complexity index is 2570. The molecular formula is C64H82N4O9. The number of aromatic hydroxyl groups is 1. The van der Waals surface area contributed by atoms with Crippen molar-refractivity contribution in [3.05, 3.63) is 161 Å². The Kier molecular flexibility index (Phi) is 27.6. The fourth-order valence-electron chi connectivity index (χ4n) is 9.05. The van der Waals surface area contributed by atoms with Crippen LogP contribution in [0.15, 0.2) is 127 Å². The lowest BCUT2D eigenvalue weighted by Gasteiger charge is -2.24. The molecule has 0 saturated heterocycles. The van der Waals surface area contributed by atoms with Gasteiger partial charge in [0.1, 0.15) is 17.2 Å². The van der Waals surface area contributed by atoms with Gasteiger partial charge in [-0.15, -0.1) is 0 Å². The molecule has 0 aliphatic rings. The van der Waals surface area contributed by atoms with Gasteiger partial charge in [0.25, 0.3) is 11.8 Å². The first kappa shape index (κ1) is 60.6. The Morgan fingerprint density at radius 3 is 1.18 bits per heavy atom. The average molecular weight is 1050 g/mol. The highest BCUT2D eigenvalue weighted by atomic mass is 16.6. The first-order chi connectivity index (χ1) is 37.5. The van der Waals surface area contributed by atoms with Crippen molar-refractivity contribution in [3.63, 3.8) is 0 Å². The van der Waals surface area contributed by atoms with E-state index in [9.17, 15) is 33.9 Å². The highest BCUT2D eigenvalue weighted by Crippen LogP contribution is 2.23. The average Bonchev–Trinajstić information content (AvgIpc) is 3.44. The minimum Gasteiger partial charge on any atom is -0.508 e. The highest BCUT2D eigenvalue weighted by molar-refractivity contribution is 6.41. The van der Waals surface area contributed by atoms with Gasteiger partial charge in [0.2, 0.25) is 0 Å². The summed E-state index contributed by atoms with van der Waals surface area (Å²) in [5, 5.41) is 15.9. The van der Waals surface area contributed by atoms with E-state index >= 15 is 0 Å². The number of amides is 4. The summed E-state index contributed by atoms with van der Waals surface area (Å²) in [5.41, 5.74) is 3.01. The van der Waals surface area contributed by atoms with Crippen LogP contribution in [0.25, 0.3) is 0 Å². The number of phenolic OH excluding ortho intramolecular Hbond substituents is 1. The standard InChI is InChI=1S/C64H82N4O9/c1-3-5-7-9-11-13-15-17-19-24-42-65-59(70)54-30-26-28-52(44-54)48-67(46-50-34-38-56(69)39-35-50)61(72)63(74)77-64(75)62(73)68(47-51-36-40-58(41-37-51)76-57-32-22-21-23-33-57)49-53-29-27-31-55(45-53)60(71)66-43-25-20-18-16-14-12-10-8-6-4-2/h21-23,26-41,44-45,69H,3-20,24-25,42-43,46-49H2,1-2H3,(H,65,70)(H,66,71). The molecule has 13 nitrogen and oxygen atoms in total. The largest absolute Gasteiger partial charge is 0.508 e. The van der Waals surface area contributed by atoms with Gasteiger partial charge in [-0.05, 0) is 95.8 Å². The molecular weight excluding hydrogens is 969 g/mol. The van der Waals surface area contributed by atoms with Crippen LogP contribution in [0.2, 0.25) is 0 Å². The number of hydrogen-bond donors (Lipinski definition) is 3. The molecule has 0 heterocycles. The number of benzene rings is 5. The topological polar surface area (TPSA) is 172 Å². The van der Waals surface area contributed by atoms with Gasteiger partial charge in [0, 0.05) is 50.4 Å². The van der Waals surface area contributed by atoms with E-state index in [-0.39, 0.29) is 43.7 Å². The molecule has 0 unspecified atom stereocenters. The van der Waals surface area contributed by atoms with Gasteiger partial charge in [0.05, 0.1) is 0 Å². The molecule has 0 aromatic heterocycles. The van der Waals surface area contributed by atoms with Gasteiger partial charge in [-0.25, -0.2) is 9.59 Å². The molecule has 0 radical (unpaired) electrons. The summed E-state index contributed by atoms with van der Waals surface area (Å²) < 4.78 is 11.0. The molecule has 0 bridgehead atoms. The summed E-state index contributed by atoms with van der Waals surface area (Å²) in [4.78, 5) is 84.5. The molecule has 412 valence electrons. The first-order valence-corrected chi connectivity index (χ1v) is 28.2. The number of hydrogen-bond acceptors (Lipinski definition) is 9. The third kappa shape index (κ3) is 23.2. The molecule has 0 fully saturated rings. The summed E-state index contributed by atoms with van der Waals surface area (Å²) in [6, 6.07) is 35.7. The maximum absolute atomic E-state index is 14.2. The minimum atomic E-state index is -1.57. The first-order valence-electron chi connectivity index (χ1n) is 28.2. The van der Waals surface area contributed by atoms with E-state index in [2.05, 4.69) is 24.5 Å². The fourth-order valence-corrected chi connectivity index (χ4v) is 9.05. The van der Waals surface area contributed by atoms with Gasteiger partial charge >= 0.3 is 23.8 Å². The van der Waals surface area contributed by atoms with E-state index in [0.717, 1.165) is 43.4 Å². The van der Waals surface area contributed by atoms with Crippen molar-refractivity contribution in [2.75, 3.05) is 13.1 Å². The van der Waals surface area contributed by atoms with Crippen molar-refractivity contribution in [1.82, 2.24) is 20.4 Å². The molecule has 0 saturated carbocycles. The zero-order valence-corrected chi connectivity index (χ0v) is 45.6. The van der Waals surface area contributed by atoms with E-state index in [1.807, 2.05) is 30.3 Å². The second-order valence-electron chi connectivity index (χ2n) is 20.0. The summed E-state index contributed by atoms with van der Waals surface area (Å²) in [6.45, 7) is 4.96. The molecule has 4 amide bonds. The Morgan fingerprint density at radius 2 is 0.766 bits per heavy atom. The molecule has 0 atom stereocenters. The molecule has 5 aromatic rings. The minimum absolute atomic E-state index is 0.00209. The van der Waals surface area contributed by atoms with Gasteiger partial charge < -0.3 is 35.0 Å². The fraction of sp³-hybridized carbons (Fsp3) is 0.438. The second-order valence-corrected chi connectivity index (χ2v) is 20.0. The number of phenols is 1. The predicted molar refractivity (Wildman–Crippen MR) is 302 cm³/mol. The van der Waals surface area contributed by atoms with Crippen molar-refractivity contribution >= 4 is 35.6 Å². The van der Waals surface area contributed by atoms with Crippen LogP contribution in [0.1, 0.15) is 185 Å². The number of rotatable bonds is 34. The lowest BCUT2D eigenvalue weighted by molar-refractivity contribution is -0.173. The van der Waals surface area contributed by atoms with Gasteiger partial charge in [0.15, 0.2) is 0 Å². The number of esters is 2. The summed E-state index contributed by atoms with van der Waals surface area (Å²) in [5.74, 6) is -4.87. The van der Waals surface area contributed by atoms with Crippen LogP contribution in [0.5, 0.6) is 17.2 Å². The molecule has 13 heteroatoms. The zero-order chi connectivity index (χ0) is 54.9. The molecule has 5 rings (SSSR count). The van der Waals surface area contributed by atoms with Crippen LogP contribution in [0.3, 0.4) is 0 Å². The number of carbonyl (C=O) groups is 6. The number of nitrogens with one attached hydrogen (secondary N) is 2. The number of para-hydroxylation sites is 1. The quantitative estimate of drug-likeness (QED) is 0.0157. The normalized spacial score (nSPS) is 10.9.